The van der Waals surface area contributed by atoms with Gasteiger partial charge in [-0.2, -0.15) is 0 Å². The molecule has 1 atom stereocenters. The zero-order valence-electron chi connectivity index (χ0n) is 16.2. The number of nitrogens with zero attached hydrogens (tertiary/aromatic N) is 2. The van der Waals surface area contributed by atoms with E-state index in [4.69, 9.17) is 4.74 Å². The third-order valence-electron chi connectivity index (χ3n) is 4.96. The third-order valence-corrected chi connectivity index (χ3v) is 4.96. The molecule has 2 aromatic carbocycles. The number of hydrogen-bond acceptors (Lipinski definition) is 5. The summed E-state index contributed by atoms with van der Waals surface area (Å²) in [5.74, 6) is -0.578. The summed E-state index contributed by atoms with van der Waals surface area (Å²) >= 11 is 0. The van der Waals surface area contributed by atoms with Crippen molar-refractivity contribution in [2.45, 2.75) is 12.5 Å². The van der Waals surface area contributed by atoms with Crippen molar-refractivity contribution in [3.8, 4) is 0 Å². The van der Waals surface area contributed by atoms with E-state index in [1.54, 1.807) is 0 Å². The molecule has 0 saturated carbocycles. The van der Waals surface area contributed by atoms with Crippen LogP contribution in [-0.2, 0) is 20.7 Å². The number of esters is 1. The molecule has 6 heteroatoms. The molecule has 6 nitrogen and oxygen atoms in total. The molecule has 0 unspecified atom stereocenters. The number of hydrogen-bond donors (Lipinski definition) is 1. The van der Waals surface area contributed by atoms with Crippen LogP contribution in [-0.4, -0.2) is 62.7 Å². The lowest BCUT2D eigenvalue weighted by Crippen LogP contribution is -2.52. The van der Waals surface area contributed by atoms with Gasteiger partial charge >= 0.3 is 5.97 Å². The molecule has 1 heterocycles. The molecule has 1 aliphatic rings. The van der Waals surface area contributed by atoms with Crippen molar-refractivity contribution in [1.29, 1.82) is 0 Å². The lowest BCUT2D eigenvalue weighted by molar-refractivity contribution is -0.145. The number of piperazine rings is 1. The minimum atomic E-state index is -0.675. The second-order valence-corrected chi connectivity index (χ2v) is 6.93. The van der Waals surface area contributed by atoms with Crippen molar-refractivity contribution >= 4 is 17.6 Å². The van der Waals surface area contributed by atoms with Crippen LogP contribution in [0.15, 0.2) is 60.7 Å². The third kappa shape index (κ3) is 5.57. The molecule has 28 heavy (non-hydrogen) atoms. The molecule has 3 rings (SSSR count). The molecule has 1 N–H and O–H groups in total. The highest BCUT2D eigenvalue weighted by Crippen LogP contribution is 2.15. The van der Waals surface area contributed by atoms with Crippen molar-refractivity contribution < 1.29 is 14.3 Å². The average Bonchev–Trinajstić information content (AvgIpc) is 2.74. The van der Waals surface area contributed by atoms with Crippen LogP contribution in [0.5, 0.6) is 0 Å². The number of methoxy groups -OCH3 is 1. The Hall–Kier alpha value is -2.86. The molecule has 0 spiro atoms. The van der Waals surface area contributed by atoms with Gasteiger partial charge in [-0.15, -0.1) is 0 Å². The molecule has 0 bridgehead atoms. The summed E-state index contributed by atoms with van der Waals surface area (Å²) < 4.78 is 4.86. The molecule has 1 saturated heterocycles. The Kier molecular flexibility index (Phi) is 7.03. The van der Waals surface area contributed by atoms with Gasteiger partial charge in [0.25, 0.3) is 0 Å². The highest BCUT2D eigenvalue weighted by atomic mass is 16.5. The summed E-state index contributed by atoms with van der Waals surface area (Å²) in [6.07, 6.45) is 0.418. The highest BCUT2D eigenvalue weighted by molar-refractivity contribution is 5.85. The fourth-order valence-electron chi connectivity index (χ4n) is 3.43. The molecule has 0 radical (unpaired) electrons. The first-order chi connectivity index (χ1) is 13.7. The van der Waals surface area contributed by atoms with Gasteiger partial charge in [-0.3, -0.25) is 9.69 Å². The first kappa shape index (κ1) is 19.9. The van der Waals surface area contributed by atoms with Crippen LogP contribution in [0, 0.1) is 0 Å². The average molecular weight is 381 g/mol. The minimum Gasteiger partial charge on any atom is -0.467 e. The molecule has 1 aliphatic heterocycles. The second kappa shape index (κ2) is 9.90. The Balaban J connectivity index is 1.50. The summed E-state index contributed by atoms with van der Waals surface area (Å²) in [5.41, 5.74) is 2.19. The van der Waals surface area contributed by atoms with Crippen molar-refractivity contribution in [1.82, 2.24) is 10.2 Å². The Morgan fingerprint density at radius 2 is 1.57 bits per heavy atom. The number of benzene rings is 2. The number of amides is 1. The maximum atomic E-state index is 12.5. The standard InChI is InChI=1S/C22H27N3O3/c1-28-22(27)20(16-18-8-4-2-5-9-18)23-21(26)17-24-12-14-25(15-13-24)19-10-6-3-7-11-19/h2-11,20H,12-17H2,1H3,(H,23,26)/t20-/m1/s1. The van der Waals surface area contributed by atoms with E-state index < -0.39 is 12.0 Å². The van der Waals surface area contributed by atoms with Gasteiger partial charge in [-0.05, 0) is 17.7 Å². The minimum absolute atomic E-state index is 0.153. The van der Waals surface area contributed by atoms with Gasteiger partial charge in [0, 0.05) is 38.3 Å². The van der Waals surface area contributed by atoms with E-state index in [-0.39, 0.29) is 12.5 Å². The Morgan fingerprint density at radius 3 is 2.18 bits per heavy atom. The highest BCUT2D eigenvalue weighted by Gasteiger charge is 2.24. The fraction of sp³-hybridized carbons (Fsp3) is 0.364. The summed E-state index contributed by atoms with van der Waals surface area (Å²) in [7, 11) is 1.34. The Bertz CT molecular complexity index is 759. The molecule has 2 aromatic rings. The van der Waals surface area contributed by atoms with Gasteiger partial charge in [0.05, 0.1) is 13.7 Å². The quantitative estimate of drug-likeness (QED) is 0.740. The SMILES string of the molecule is COC(=O)[C@@H](Cc1ccccc1)NC(=O)CN1CCN(c2ccccc2)CC1. The summed E-state index contributed by atoms with van der Waals surface area (Å²) in [4.78, 5) is 29.0. The largest absolute Gasteiger partial charge is 0.467 e. The van der Waals surface area contributed by atoms with E-state index in [2.05, 4.69) is 27.2 Å². The number of para-hydroxylation sites is 1. The molecular weight excluding hydrogens is 354 g/mol. The Labute approximate surface area is 166 Å². The Morgan fingerprint density at radius 1 is 0.964 bits per heavy atom. The molecule has 0 aliphatic carbocycles. The lowest BCUT2D eigenvalue weighted by atomic mass is 10.1. The van der Waals surface area contributed by atoms with E-state index in [9.17, 15) is 9.59 Å². The van der Waals surface area contributed by atoms with E-state index in [1.807, 2.05) is 48.5 Å². The molecule has 148 valence electrons. The maximum absolute atomic E-state index is 12.5. The first-order valence-electron chi connectivity index (χ1n) is 9.59. The zero-order chi connectivity index (χ0) is 19.8. The van der Waals surface area contributed by atoms with E-state index >= 15 is 0 Å². The first-order valence-corrected chi connectivity index (χ1v) is 9.59. The van der Waals surface area contributed by atoms with Gasteiger partial charge in [0.15, 0.2) is 0 Å². The van der Waals surface area contributed by atoms with Gasteiger partial charge in [0.1, 0.15) is 6.04 Å². The number of ether oxygens (including phenoxy) is 1. The molecule has 0 aromatic heterocycles. The number of anilines is 1. The van der Waals surface area contributed by atoms with Crippen molar-refractivity contribution in [2.75, 3.05) is 44.7 Å². The molecule has 1 fully saturated rings. The smallest absolute Gasteiger partial charge is 0.328 e. The number of rotatable bonds is 7. The number of nitrogens with one attached hydrogen (secondary N) is 1. The summed E-state index contributed by atoms with van der Waals surface area (Å²) in [6.45, 7) is 3.65. The summed E-state index contributed by atoms with van der Waals surface area (Å²) in [5, 5.41) is 2.84. The van der Waals surface area contributed by atoms with Gasteiger partial charge < -0.3 is 15.0 Å². The fourth-order valence-corrected chi connectivity index (χ4v) is 3.43. The second-order valence-electron chi connectivity index (χ2n) is 6.93. The lowest BCUT2D eigenvalue weighted by Gasteiger charge is -2.35. The van der Waals surface area contributed by atoms with E-state index in [0.29, 0.717) is 6.42 Å². The van der Waals surface area contributed by atoms with Crippen molar-refractivity contribution in [3.63, 3.8) is 0 Å². The maximum Gasteiger partial charge on any atom is 0.328 e. The van der Waals surface area contributed by atoms with Crippen LogP contribution in [0.3, 0.4) is 0 Å². The summed E-state index contributed by atoms with van der Waals surface area (Å²) in [6, 6.07) is 19.2. The van der Waals surface area contributed by atoms with Crippen molar-refractivity contribution in [2.24, 2.45) is 0 Å². The van der Waals surface area contributed by atoms with Gasteiger partial charge in [-0.1, -0.05) is 48.5 Å². The van der Waals surface area contributed by atoms with Crippen LogP contribution < -0.4 is 10.2 Å². The van der Waals surface area contributed by atoms with E-state index in [1.165, 1.54) is 12.8 Å². The van der Waals surface area contributed by atoms with Gasteiger partial charge in [0.2, 0.25) is 5.91 Å². The number of carbonyl (C=O) groups is 2. The van der Waals surface area contributed by atoms with Crippen LogP contribution in [0.2, 0.25) is 0 Å². The predicted octanol–water partition coefficient (Wildman–Crippen LogP) is 1.71. The van der Waals surface area contributed by atoms with Crippen molar-refractivity contribution in [3.05, 3.63) is 66.2 Å². The van der Waals surface area contributed by atoms with Crippen LogP contribution in [0.4, 0.5) is 5.69 Å². The zero-order valence-corrected chi connectivity index (χ0v) is 16.2. The topological polar surface area (TPSA) is 61.9 Å². The van der Waals surface area contributed by atoms with Crippen LogP contribution in [0.25, 0.3) is 0 Å². The van der Waals surface area contributed by atoms with Crippen LogP contribution >= 0.6 is 0 Å². The monoisotopic (exact) mass is 381 g/mol. The normalized spacial score (nSPS) is 15.7. The van der Waals surface area contributed by atoms with Crippen LogP contribution in [0.1, 0.15) is 5.56 Å². The number of carbonyl (C=O) groups excluding carboxylic acids is 2. The molecule has 1 amide bonds. The van der Waals surface area contributed by atoms with E-state index in [0.717, 1.165) is 31.7 Å². The van der Waals surface area contributed by atoms with Gasteiger partial charge in [-0.25, -0.2) is 4.79 Å². The predicted molar refractivity (Wildman–Crippen MR) is 109 cm³/mol. The molecular formula is C22H27N3O3.